The summed E-state index contributed by atoms with van der Waals surface area (Å²) in [5.74, 6) is 1.37. The zero-order valence-corrected chi connectivity index (χ0v) is 17.2. The fourth-order valence-corrected chi connectivity index (χ4v) is 4.77. The fraction of sp³-hybridized carbons (Fsp3) is 0.476. The van der Waals surface area contributed by atoms with E-state index >= 15 is 0 Å². The minimum absolute atomic E-state index is 0.315. The maximum absolute atomic E-state index is 5.32. The highest BCUT2D eigenvalue weighted by Gasteiger charge is 2.28. The molecule has 2 atom stereocenters. The lowest BCUT2D eigenvalue weighted by atomic mass is 9.99. The van der Waals surface area contributed by atoms with Gasteiger partial charge in [0.25, 0.3) is 0 Å². The highest BCUT2D eigenvalue weighted by Crippen LogP contribution is 2.30. The summed E-state index contributed by atoms with van der Waals surface area (Å²) in [7, 11) is 1.68. The average Bonchev–Trinajstić information content (AvgIpc) is 3.25. The topological polar surface area (TPSA) is 51.1 Å². The van der Waals surface area contributed by atoms with Crippen LogP contribution in [0.1, 0.15) is 41.3 Å². The predicted octanol–water partition coefficient (Wildman–Crippen LogP) is 4.34. The molecule has 0 aliphatic carbocycles. The zero-order chi connectivity index (χ0) is 19.0. The normalized spacial score (nSPS) is 18.9. The molecule has 1 aliphatic rings. The number of rotatable bonds is 5. The van der Waals surface area contributed by atoms with E-state index in [1.54, 1.807) is 18.4 Å². The van der Waals surface area contributed by atoms with Gasteiger partial charge in [-0.3, -0.25) is 4.90 Å². The summed E-state index contributed by atoms with van der Waals surface area (Å²) in [4.78, 5) is 16.3. The van der Waals surface area contributed by atoms with E-state index in [9.17, 15) is 0 Å². The Kier molecular flexibility index (Phi) is 5.10. The van der Waals surface area contributed by atoms with Gasteiger partial charge in [-0.2, -0.15) is 0 Å². The number of ether oxygens (including phenoxy) is 1. The van der Waals surface area contributed by atoms with Gasteiger partial charge in [-0.15, -0.1) is 11.3 Å². The van der Waals surface area contributed by atoms with Gasteiger partial charge in [0.1, 0.15) is 0 Å². The molecule has 0 spiro atoms. The van der Waals surface area contributed by atoms with E-state index in [0.29, 0.717) is 17.8 Å². The Bertz CT molecular complexity index is 955. The van der Waals surface area contributed by atoms with Crippen LogP contribution in [0.3, 0.4) is 0 Å². The third kappa shape index (κ3) is 3.96. The van der Waals surface area contributed by atoms with E-state index in [2.05, 4.69) is 46.1 Å². The lowest BCUT2D eigenvalue weighted by Gasteiger charge is -2.24. The van der Waals surface area contributed by atoms with Crippen molar-refractivity contribution in [1.29, 1.82) is 0 Å². The van der Waals surface area contributed by atoms with Gasteiger partial charge in [-0.1, -0.05) is 0 Å². The van der Waals surface area contributed by atoms with Crippen LogP contribution in [0.25, 0.3) is 10.3 Å². The molecule has 142 valence electrons. The number of likely N-dealkylation sites (tertiary alicyclic amines) is 1. The summed E-state index contributed by atoms with van der Waals surface area (Å²) in [6, 6.07) is 8.89. The first-order chi connectivity index (χ1) is 13.0. The largest absolute Gasteiger partial charge is 0.481 e. The van der Waals surface area contributed by atoms with Crippen molar-refractivity contribution in [1.82, 2.24) is 19.9 Å². The summed E-state index contributed by atoms with van der Waals surface area (Å²) in [5.41, 5.74) is 4.34. The molecule has 1 saturated heterocycles. The first-order valence-electron chi connectivity index (χ1n) is 9.51. The molecule has 1 fully saturated rings. The third-order valence-corrected chi connectivity index (χ3v) is 6.32. The molecular weight excluding hydrogens is 356 g/mol. The number of nitrogens with zero attached hydrogens (tertiary/aromatic N) is 4. The quantitative estimate of drug-likeness (QED) is 0.657. The number of aryl methyl sites for hydroxylation is 2. The lowest BCUT2D eigenvalue weighted by molar-refractivity contribution is 0.248. The molecule has 0 saturated carbocycles. The number of pyridine rings is 2. The van der Waals surface area contributed by atoms with Gasteiger partial charge in [-0.05, 0) is 69.8 Å². The van der Waals surface area contributed by atoms with E-state index in [0.717, 1.165) is 41.6 Å². The molecule has 4 rings (SSSR count). The lowest BCUT2D eigenvalue weighted by Crippen LogP contribution is -2.25. The van der Waals surface area contributed by atoms with Crippen LogP contribution in [0.2, 0.25) is 0 Å². The minimum atomic E-state index is 0.315. The highest BCUT2D eigenvalue weighted by molar-refractivity contribution is 7.18. The second-order valence-electron chi connectivity index (χ2n) is 7.48. The second-order valence-corrected chi connectivity index (χ2v) is 8.71. The molecule has 0 N–H and O–H groups in total. The number of thiazole rings is 1. The SMILES string of the molecule is COc1cc(C[C@@H]2CCN([C@H](C)c3ccc4sc(C)nc4n3)C2)cc(C)n1. The molecule has 6 heteroatoms. The molecule has 5 nitrogen and oxygen atoms in total. The summed E-state index contributed by atoms with van der Waals surface area (Å²) in [6.45, 7) is 8.53. The molecular formula is C21H26N4OS. The number of aromatic nitrogens is 3. The Morgan fingerprint density at radius 2 is 2.07 bits per heavy atom. The van der Waals surface area contributed by atoms with Crippen molar-refractivity contribution in [3.63, 3.8) is 0 Å². The molecule has 0 bridgehead atoms. The molecule has 0 radical (unpaired) electrons. The van der Waals surface area contributed by atoms with E-state index in [-0.39, 0.29) is 0 Å². The molecule has 27 heavy (non-hydrogen) atoms. The van der Waals surface area contributed by atoms with E-state index < -0.39 is 0 Å². The van der Waals surface area contributed by atoms with Crippen LogP contribution in [0.5, 0.6) is 5.88 Å². The first kappa shape index (κ1) is 18.3. The van der Waals surface area contributed by atoms with Crippen LogP contribution in [0, 0.1) is 19.8 Å². The van der Waals surface area contributed by atoms with Crippen LogP contribution >= 0.6 is 11.3 Å². The molecule has 3 aromatic heterocycles. The highest BCUT2D eigenvalue weighted by atomic mass is 32.1. The monoisotopic (exact) mass is 382 g/mol. The number of hydrogen-bond donors (Lipinski definition) is 0. The average molecular weight is 383 g/mol. The molecule has 3 aromatic rings. The van der Waals surface area contributed by atoms with Gasteiger partial charge >= 0.3 is 0 Å². The van der Waals surface area contributed by atoms with Gasteiger partial charge in [0.05, 0.1) is 22.5 Å². The van der Waals surface area contributed by atoms with Crippen LogP contribution in [0.4, 0.5) is 0 Å². The van der Waals surface area contributed by atoms with Crippen molar-refractivity contribution in [2.45, 2.75) is 39.7 Å². The van der Waals surface area contributed by atoms with Gasteiger partial charge in [-0.25, -0.2) is 15.0 Å². The maximum Gasteiger partial charge on any atom is 0.213 e. The summed E-state index contributed by atoms with van der Waals surface area (Å²) >= 11 is 1.71. The van der Waals surface area contributed by atoms with Crippen LogP contribution in [-0.2, 0) is 6.42 Å². The van der Waals surface area contributed by atoms with Crippen molar-refractivity contribution in [3.8, 4) is 5.88 Å². The van der Waals surface area contributed by atoms with Crippen LogP contribution < -0.4 is 4.74 Å². The minimum Gasteiger partial charge on any atom is -0.481 e. The van der Waals surface area contributed by atoms with E-state index in [1.165, 1.54) is 16.7 Å². The molecule has 0 amide bonds. The molecule has 0 aromatic carbocycles. The Morgan fingerprint density at radius 3 is 2.89 bits per heavy atom. The smallest absolute Gasteiger partial charge is 0.213 e. The van der Waals surface area contributed by atoms with Gasteiger partial charge in [0.15, 0.2) is 5.65 Å². The maximum atomic E-state index is 5.32. The van der Waals surface area contributed by atoms with Crippen LogP contribution in [0.15, 0.2) is 24.3 Å². The first-order valence-corrected chi connectivity index (χ1v) is 10.3. The van der Waals surface area contributed by atoms with E-state index in [4.69, 9.17) is 9.72 Å². The molecule has 4 heterocycles. The van der Waals surface area contributed by atoms with Gasteiger partial charge in [0.2, 0.25) is 5.88 Å². The third-order valence-electron chi connectivity index (χ3n) is 5.40. The van der Waals surface area contributed by atoms with Crippen molar-refractivity contribution in [2.24, 2.45) is 5.92 Å². The predicted molar refractivity (Wildman–Crippen MR) is 109 cm³/mol. The van der Waals surface area contributed by atoms with Crippen LogP contribution in [-0.4, -0.2) is 40.1 Å². The Morgan fingerprint density at radius 1 is 1.22 bits per heavy atom. The van der Waals surface area contributed by atoms with Crippen molar-refractivity contribution >= 4 is 21.7 Å². The van der Waals surface area contributed by atoms with E-state index in [1.807, 2.05) is 13.8 Å². The molecule has 0 unspecified atom stereocenters. The second kappa shape index (κ2) is 7.52. The standard InChI is InChI=1S/C21H26N4OS/c1-13-9-17(11-20(22-13)26-4)10-16-7-8-25(12-16)14(2)18-5-6-19-21(24-18)23-15(3)27-19/h5-6,9,11,14,16H,7-8,10,12H2,1-4H3/t14-,16+/m1/s1. The van der Waals surface area contributed by atoms with Crippen molar-refractivity contribution in [2.75, 3.05) is 20.2 Å². The fourth-order valence-electron chi connectivity index (χ4n) is 4.00. The van der Waals surface area contributed by atoms with Gasteiger partial charge in [0, 0.05) is 24.3 Å². The van der Waals surface area contributed by atoms with Crippen molar-refractivity contribution in [3.05, 3.63) is 46.2 Å². The summed E-state index contributed by atoms with van der Waals surface area (Å²) in [5, 5.41) is 1.08. The summed E-state index contributed by atoms with van der Waals surface area (Å²) < 4.78 is 6.49. The number of hydrogen-bond acceptors (Lipinski definition) is 6. The molecule has 1 aliphatic heterocycles. The Balaban J connectivity index is 1.44. The Hall–Kier alpha value is -2.05. The number of fused-ring (bicyclic) bond motifs is 1. The van der Waals surface area contributed by atoms with Crippen molar-refractivity contribution < 1.29 is 4.74 Å². The summed E-state index contributed by atoms with van der Waals surface area (Å²) in [6.07, 6.45) is 2.28. The van der Waals surface area contributed by atoms with Gasteiger partial charge < -0.3 is 4.74 Å². The Labute approximate surface area is 164 Å². The zero-order valence-electron chi connectivity index (χ0n) is 16.4. The number of methoxy groups -OCH3 is 1.